The molecule has 2 aromatic heterocycles. The molecule has 9 heteroatoms. The van der Waals surface area contributed by atoms with Crippen LogP contribution in [0.1, 0.15) is 30.1 Å². The van der Waals surface area contributed by atoms with Gasteiger partial charge in [0.25, 0.3) is 5.91 Å². The number of hydrogen-bond donors (Lipinski definition) is 2. The van der Waals surface area contributed by atoms with Crippen LogP contribution in [0, 0.1) is 0 Å². The van der Waals surface area contributed by atoms with Gasteiger partial charge in [0.1, 0.15) is 0 Å². The van der Waals surface area contributed by atoms with Gasteiger partial charge in [-0.3, -0.25) is 4.79 Å². The fraction of sp³-hybridized carbons (Fsp3) is 0.320. The van der Waals surface area contributed by atoms with E-state index in [4.69, 9.17) is 10.1 Å². The molecule has 8 nitrogen and oxygen atoms in total. The summed E-state index contributed by atoms with van der Waals surface area (Å²) in [6, 6.07) is 13.8. The van der Waals surface area contributed by atoms with Crippen LogP contribution in [-0.2, 0) is 13.6 Å². The number of hydrogen-bond acceptors (Lipinski definition) is 3. The van der Waals surface area contributed by atoms with Gasteiger partial charge in [-0.25, -0.2) is 9.78 Å². The van der Waals surface area contributed by atoms with Crippen LogP contribution >= 0.6 is 15.9 Å². The SMILES string of the molecule is CCn1c(-c2nc3cc(C(=O)N4CCCC(NC(=O)O)C4)ccc3n2C)cc2ccc(Br)cc21. The number of rotatable bonds is 4. The maximum absolute atomic E-state index is 13.2. The number of halogens is 1. The molecule has 1 unspecified atom stereocenters. The number of imidazole rings is 1. The molecule has 1 aliphatic heterocycles. The zero-order valence-corrected chi connectivity index (χ0v) is 20.7. The second-order valence-corrected chi connectivity index (χ2v) is 9.63. The lowest BCUT2D eigenvalue weighted by molar-refractivity contribution is 0.0692. The molecule has 0 radical (unpaired) electrons. The minimum absolute atomic E-state index is 0.0986. The summed E-state index contributed by atoms with van der Waals surface area (Å²) in [4.78, 5) is 30.8. The Kier molecular flexibility index (Phi) is 5.81. The van der Waals surface area contributed by atoms with Crippen LogP contribution in [0.4, 0.5) is 4.79 Å². The highest BCUT2D eigenvalue weighted by Crippen LogP contribution is 2.31. The summed E-state index contributed by atoms with van der Waals surface area (Å²) >= 11 is 3.57. The lowest BCUT2D eigenvalue weighted by Gasteiger charge is -2.32. The Balaban J connectivity index is 1.50. The van der Waals surface area contributed by atoms with E-state index in [1.807, 2.05) is 31.3 Å². The van der Waals surface area contributed by atoms with E-state index in [1.54, 1.807) is 4.90 Å². The van der Waals surface area contributed by atoms with E-state index in [0.29, 0.717) is 18.7 Å². The van der Waals surface area contributed by atoms with Gasteiger partial charge >= 0.3 is 6.09 Å². The second kappa shape index (κ2) is 8.79. The maximum atomic E-state index is 13.2. The number of carbonyl (C=O) groups is 2. The smallest absolute Gasteiger partial charge is 0.404 e. The largest absolute Gasteiger partial charge is 0.465 e. The van der Waals surface area contributed by atoms with Gasteiger partial charge in [0, 0.05) is 53.7 Å². The van der Waals surface area contributed by atoms with Gasteiger partial charge in [0.15, 0.2) is 5.82 Å². The highest BCUT2D eigenvalue weighted by Gasteiger charge is 2.26. The van der Waals surface area contributed by atoms with Crippen molar-refractivity contribution < 1.29 is 14.7 Å². The molecule has 0 saturated carbocycles. The molecule has 1 saturated heterocycles. The summed E-state index contributed by atoms with van der Waals surface area (Å²) in [5.74, 6) is 0.746. The number of nitrogens with one attached hydrogen (secondary N) is 1. The number of fused-ring (bicyclic) bond motifs is 2. The van der Waals surface area contributed by atoms with Crippen molar-refractivity contribution in [3.63, 3.8) is 0 Å². The highest BCUT2D eigenvalue weighted by atomic mass is 79.9. The zero-order chi connectivity index (χ0) is 24.0. The number of carboxylic acid groups (broad SMARTS) is 1. The number of carbonyl (C=O) groups excluding carboxylic acids is 1. The molecule has 2 aromatic carbocycles. The van der Waals surface area contributed by atoms with Gasteiger partial charge in [-0.05, 0) is 56.2 Å². The molecule has 1 fully saturated rings. The number of likely N-dealkylation sites (tertiary alicyclic amines) is 1. The maximum Gasteiger partial charge on any atom is 0.404 e. The fourth-order valence-corrected chi connectivity index (χ4v) is 5.30. The summed E-state index contributed by atoms with van der Waals surface area (Å²) < 4.78 is 5.34. The standard InChI is InChI=1S/C25H26BrN5O3/c1-3-31-21-13-17(26)8-6-15(21)12-22(31)23-28-19-11-16(7-9-20(19)29(23)2)24(32)30-10-4-5-18(14-30)27-25(33)34/h6-9,11-13,18,27H,3-5,10,14H2,1-2H3,(H,33,34). The van der Waals surface area contributed by atoms with Crippen molar-refractivity contribution in [2.45, 2.75) is 32.4 Å². The first-order chi connectivity index (χ1) is 16.4. The van der Waals surface area contributed by atoms with Crippen LogP contribution in [0.2, 0.25) is 0 Å². The van der Waals surface area contributed by atoms with Crippen LogP contribution in [0.25, 0.3) is 33.5 Å². The lowest BCUT2D eigenvalue weighted by atomic mass is 10.0. The van der Waals surface area contributed by atoms with Crippen molar-refractivity contribution in [3.8, 4) is 11.5 Å². The molecular weight excluding hydrogens is 498 g/mol. The molecule has 1 aliphatic rings. The minimum Gasteiger partial charge on any atom is -0.465 e. The van der Waals surface area contributed by atoms with E-state index in [2.05, 4.69) is 55.5 Å². The third-order valence-electron chi connectivity index (χ3n) is 6.58. The van der Waals surface area contributed by atoms with Crippen molar-refractivity contribution in [1.82, 2.24) is 24.3 Å². The van der Waals surface area contributed by atoms with Crippen molar-refractivity contribution in [2.24, 2.45) is 7.05 Å². The predicted octanol–water partition coefficient (Wildman–Crippen LogP) is 4.85. The summed E-state index contributed by atoms with van der Waals surface area (Å²) in [7, 11) is 1.99. The Morgan fingerprint density at radius 3 is 2.76 bits per heavy atom. The molecule has 0 aliphatic carbocycles. The molecule has 0 bridgehead atoms. The fourth-order valence-electron chi connectivity index (χ4n) is 4.95. The number of aromatic nitrogens is 3. The molecule has 0 spiro atoms. The van der Waals surface area contributed by atoms with Gasteiger partial charge in [0.2, 0.25) is 0 Å². The van der Waals surface area contributed by atoms with Gasteiger partial charge in [0.05, 0.1) is 16.7 Å². The van der Waals surface area contributed by atoms with E-state index in [0.717, 1.165) is 57.3 Å². The normalized spacial score (nSPS) is 16.3. The van der Waals surface area contributed by atoms with E-state index in [9.17, 15) is 9.59 Å². The van der Waals surface area contributed by atoms with Crippen LogP contribution in [0.15, 0.2) is 46.9 Å². The first kappa shape index (κ1) is 22.5. The summed E-state index contributed by atoms with van der Waals surface area (Å²) in [5, 5.41) is 12.7. The Hall–Kier alpha value is -3.33. The highest BCUT2D eigenvalue weighted by molar-refractivity contribution is 9.10. The zero-order valence-electron chi connectivity index (χ0n) is 19.1. The van der Waals surface area contributed by atoms with Crippen LogP contribution < -0.4 is 5.32 Å². The summed E-state index contributed by atoms with van der Waals surface area (Å²) in [6.07, 6.45) is 0.448. The number of benzene rings is 2. The first-order valence-corrected chi connectivity index (χ1v) is 12.2. The third-order valence-corrected chi connectivity index (χ3v) is 7.07. The molecule has 176 valence electrons. The topological polar surface area (TPSA) is 92.4 Å². The average molecular weight is 524 g/mol. The Labute approximate surface area is 205 Å². The van der Waals surface area contributed by atoms with E-state index < -0.39 is 6.09 Å². The lowest BCUT2D eigenvalue weighted by Crippen LogP contribution is -2.49. The van der Waals surface area contributed by atoms with Gasteiger partial charge in [-0.2, -0.15) is 0 Å². The number of nitrogens with zero attached hydrogens (tertiary/aromatic N) is 4. The minimum atomic E-state index is -1.06. The van der Waals surface area contributed by atoms with Crippen LogP contribution in [0.3, 0.4) is 0 Å². The monoisotopic (exact) mass is 523 g/mol. The average Bonchev–Trinajstić information content (AvgIpc) is 3.34. The number of aryl methyl sites for hydroxylation is 2. The van der Waals surface area contributed by atoms with Crippen LogP contribution in [0.5, 0.6) is 0 Å². The predicted molar refractivity (Wildman–Crippen MR) is 135 cm³/mol. The molecular formula is C25H26BrN5O3. The molecule has 4 aromatic rings. The van der Waals surface area contributed by atoms with E-state index in [-0.39, 0.29) is 11.9 Å². The van der Waals surface area contributed by atoms with E-state index in [1.165, 1.54) is 0 Å². The van der Waals surface area contributed by atoms with Crippen molar-refractivity contribution in [1.29, 1.82) is 0 Å². The van der Waals surface area contributed by atoms with E-state index >= 15 is 0 Å². The molecule has 3 heterocycles. The Morgan fingerprint density at radius 1 is 1.18 bits per heavy atom. The Morgan fingerprint density at radius 2 is 2.00 bits per heavy atom. The van der Waals surface area contributed by atoms with Crippen molar-refractivity contribution in [3.05, 3.63) is 52.5 Å². The first-order valence-electron chi connectivity index (χ1n) is 11.4. The Bertz CT molecular complexity index is 1420. The summed E-state index contributed by atoms with van der Waals surface area (Å²) in [5.41, 5.74) is 4.44. The van der Waals surface area contributed by atoms with Crippen molar-refractivity contribution in [2.75, 3.05) is 13.1 Å². The number of amides is 2. The van der Waals surface area contributed by atoms with Crippen LogP contribution in [-0.4, -0.2) is 55.3 Å². The molecule has 1 atom stereocenters. The molecule has 5 rings (SSSR count). The van der Waals surface area contributed by atoms with Gasteiger partial charge < -0.3 is 24.5 Å². The molecule has 2 amide bonds. The number of piperidine rings is 1. The van der Waals surface area contributed by atoms with Crippen molar-refractivity contribution >= 4 is 49.9 Å². The quantitative estimate of drug-likeness (QED) is 0.399. The van der Waals surface area contributed by atoms with Gasteiger partial charge in [-0.1, -0.05) is 22.0 Å². The molecule has 2 N–H and O–H groups in total. The van der Waals surface area contributed by atoms with Gasteiger partial charge in [-0.15, -0.1) is 0 Å². The third kappa shape index (κ3) is 3.94. The summed E-state index contributed by atoms with van der Waals surface area (Å²) in [6.45, 7) is 3.92. The molecule has 34 heavy (non-hydrogen) atoms. The second-order valence-electron chi connectivity index (χ2n) is 8.71.